The molecule has 0 aromatic heterocycles. The van der Waals surface area contributed by atoms with Gasteiger partial charge in [-0.1, -0.05) is 47.8 Å². The van der Waals surface area contributed by atoms with Crippen LogP contribution in [0.15, 0.2) is 0 Å². The minimum atomic E-state index is -0.934. The van der Waals surface area contributed by atoms with Crippen molar-refractivity contribution in [3.05, 3.63) is 0 Å². The largest absolute Gasteiger partial charge is 0.458 e. The summed E-state index contributed by atoms with van der Waals surface area (Å²) in [5.41, 5.74) is 0. The summed E-state index contributed by atoms with van der Waals surface area (Å²) in [4.78, 5) is 33.4. The van der Waals surface area contributed by atoms with Gasteiger partial charge in [0, 0.05) is 31.4 Å². The van der Waals surface area contributed by atoms with Crippen LogP contribution in [-0.2, 0) is 28.6 Å². The number of hydrogen-bond donors (Lipinski definition) is 0. The number of carbonyl (C=O) groups is 3. The molecule has 0 radical (unpaired) electrons. The highest BCUT2D eigenvalue weighted by Gasteiger charge is 2.40. The number of carbonyl (C=O) groups excluding carboxylic acids is 3. The number of alkyl halides is 3. The first-order valence-electron chi connectivity index (χ1n) is 6.00. The molecule has 0 bridgehead atoms. The Hall–Kier alpha value is -0.150. The van der Waals surface area contributed by atoms with Gasteiger partial charge in [0.05, 0.1) is 4.83 Å². The van der Waals surface area contributed by atoms with Crippen LogP contribution in [0.5, 0.6) is 0 Å². The van der Waals surface area contributed by atoms with Crippen LogP contribution in [0.1, 0.15) is 20.8 Å². The SMILES string of the molecule is CC(=O)O[C@@H]([C@H](OC(C)=O)[C@@H](CBr)OC(C)=O)[C@@H](Br)CBr. The van der Waals surface area contributed by atoms with Crippen LogP contribution in [0, 0.1) is 0 Å². The van der Waals surface area contributed by atoms with E-state index in [9.17, 15) is 14.4 Å². The average molecular weight is 497 g/mol. The third kappa shape index (κ3) is 8.15. The minimum Gasteiger partial charge on any atom is -0.458 e. The second-order valence-corrected chi connectivity index (χ2v) is 6.59. The number of rotatable bonds is 8. The molecule has 0 unspecified atom stereocenters. The van der Waals surface area contributed by atoms with Crippen molar-refractivity contribution in [2.24, 2.45) is 0 Å². The van der Waals surface area contributed by atoms with E-state index in [1.54, 1.807) is 0 Å². The van der Waals surface area contributed by atoms with E-state index in [2.05, 4.69) is 47.8 Å². The highest BCUT2D eigenvalue weighted by atomic mass is 79.9. The van der Waals surface area contributed by atoms with Gasteiger partial charge < -0.3 is 14.2 Å². The van der Waals surface area contributed by atoms with Crippen molar-refractivity contribution < 1.29 is 28.6 Å². The molecule has 9 heteroatoms. The zero-order valence-electron chi connectivity index (χ0n) is 11.8. The normalized spacial score (nSPS) is 16.3. The van der Waals surface area contributed by atoms with Crippen LogP contribution >= 0.6 is 47.8 Å². The fourth-order valence-corrected chi connectivity index (χ4v) is 2.85. The van der Waals surface area contributed by atoms with Crippen molar-refractivity contribution in [1.29, 1.82) is 0 Å². The Kier molecular flexibility index (Phi) is 10.5. The quantitative estimate of drug-likeness (QED) is 0.291. The van der Waals surface area contributed by atoms with Gasteiger partial charge >= 0.3 is 17.9 Å². The van der Waals surface area contributed by atoms with Gasteiger partial charge in [-0.2, -0.15) is 0 Å². The molecule has 0 saturated carbocycles. The van der Waals surface area contributed by atoms with Crippen LogP contribution in [-0.4, -0.2) is 51.7 Å². The molecule has 0 fully saturated rings. The Morgan fingerprint density at radius 1 is 0.810 bits per heavy atom. The smallest absolute Gasteiger partial charge is 0.303 e. The lowest BCUT2D eigenvalue weighted by Crippen LogP contribution is -2.50. The van der Waals surface area contributed by atoms with Gasteiger partial charge in [0.15, 0.2) is 18.3 Å². The standard InChI is InChI=1S/C12H17Br3O6/c1-6(16)19-10(5-14)12(21-8(3)18)11(9(15)4-13)20-7(2)17/h9-12H,4-5H2,1-3H3/t9-,10+,11+,12+/m0/s1. The highest BCUT2D eigenvalue weighted by Crippen LogP contribution is 2.23. The van der Waals surface area contributed by atoms with Gasteiger partial charge in [0.2, 0.25) is 0 Å². The zero-order valence-corrected chi connectivity index (χ0v) is 16.6. The molecule has 0 saturated heterocycles. The van der Waals surface area contributed by atoms with Crippen molar-refractivity contribution in [3.63, 3.8) is 0 Å². The van der Waals surface area contributed by atoms with Crippen LogP contribution in [0.2, 0.25) is 0 Å². The molecular formula is C12H17Br3O6. The van der Waals surface area contributed by atoms with E-state index in [4.69, 9.17) is 14.2 Å². The molecule has 0 heterocycles. The Morgan fingerprint density at radius 2 is 1.24 bits per heavy atom. The third-order valence-electron chi connectivity index (χ3n) is 2.27. The molecule has 4 atom stereocenters. The first kappa shape index (κ1) is 20.9. The van der Waals surface area contributed by atoms with E-state index in [1.807, 2.05) is 0 Å². The van der Waals surface area contributed by atoms with Crippen LogP contribution in [0.4, 0.5) is 0 Å². The predicted molar refractivity (Wildman–Crippen MR) is 87.0 cm³/mol. The molecular weight excluding hydrogens is 480 g/mol. The Bertz CT molecular complexity index is 376. The van der Waals surface area contributed by atoms with Crippen LogP contribution in [0.25, 0.3) is 0 Å². The van der Waals surface area contributed by atoms with E-state index >= 15 is 0 Å². The molecule has 0 rings (SSSR count). The third-order valence-corrected chi connectivity index (χ3v) is 5.32. The molecule has 0 aliphatic heterocycles. The summed E-state index contributed by atoms with van der Waals surface area (Å²) in [6, 6.07) is 0. The molecule has 0 aromatic rings. The zero-order chi connectivity index (χ0) is 16.6. The molecule has 21 heavy (non-hydrogen) atoms. The molecule has 0 spiro atoms. The number of esters is 3. The first-order chi connectivity index (χ1) is 9.72. The maximum absolute atomic E-state index is 11.3. The van der Waals surface area contributed by atoms with Gasteiger partial charge in [-0.15, -0.1) is 0 Å². The first-order valence-corrected chi connectivity index (χ1v) is 9.16. The minimum absolute atomic E-state index is 0.226. The summed E-state index contributed by atoms with van der Waals surface area (Å²) in [6.07, 6.45) is -2.53. The summed E-state index contributed by atoms with van der Waals surface area (Å²) >= 11 is 9.82. The van der Waals surface area contributed by atoms with Gasteiger partial charge in [-0.05, 0) is 0 Å². The van der Waals surface area contributed by atoms with Crippen molar-refractivity contribution in [2.45, 2.75) is 43.9 Å². The molecule has 0 aromatic carbocycles. The molecule has 0 aliphatic carbocycles. The van der Waals surface area contributed by atoms with E-state index in [-0.39, 0.29) is 10.2 Å². The lowest BCUT2D eigenvalue weighted by molar-refractivity contribution is -0.180. The number of ether oxygens (including phenoxy) is 3. The Balaban J connectivity index is 5.40. The average Bonchev–Trinajstić information content (AvgIpc) is 2.38. The number of halogens is 3. The van der Waals surface area contributed by atoms with Crippen LogP contribution < -0.4 is 0 Å². The second kappa shape index (κ2) is 10.6. The molecule has 122 valence electrons. The van der Waals surface area contributed by atoms with Crippen molar-refractivity contribution in [3.8, 4) is 0 Å². The Labute approximate surface area is 148 Å². The summed E-state index contributed by atoms with van der Waals surface area (Å²) in [5, 5.41) is 0.669. The van der Waals surface area contributed by atoms with Crippen molar-refractivity contribution >= 4 is 65.7 Å². The van der Waals surface area contributed by atoms with E-state index < -0.39 is 36.2 Å². The maximum Gasteiger partial charge on any atom is 0.303 e. The second-order valence-electron chi connectivity index (χ2n) is 4.12. The summed E-state index contributed by atoms with van der Waals surface area (Å²) in [6.45, 7) is 3.73. The topological polar surface area (TPSA) is 78.9 Å². The molecule has 0 amide bonds. The summed E-state index contributed by atoms with van der Waals surface area (Å²) < 4.78 is 15.6. The summed E-state index contributed by atoms with van der Waals surface area (Å²) in [7, 11) is 0. The summed E-state index contributed by atoms with van der Waals surface area (Å²) in [5.74, 6) is -1.62. The molecule has 6 nitrogen and oxygen atoms in total. The van der Waals surface area contributed by atoms with Gasteiger partial charge in [-0.3, -0.25) is 14.4 Å². The van der Waals surface area contributed by atoms with Crippen molar-refractivity contribution in [1.82, 2.24) is 0 Å². The van der Waals surface area contributed by atoms with Crippen molar-refractivity contribution in [2.75, 3.05) is 10.7 Å². The van der Waals surface area contributed by atoms with E-state index in [0.29, 0.717) is 5.33 Å². The number of hydrogen-bond acceptors (Lipinski definition) is 6. The molecule has 0 N–H and O–H groups in total. The monoisotopic (exact) mass is 494 g/mol. The molecule has 0 aliphatic rings. The van der Waals surface area contributed by atoms with Crippen LogP contribution in [0.3, 0.4) is 0 Å². The van der Waals surface area contributed by atoms with E-state index in [1.165, 1.54) is 20.8 Å². The van der Waals surface area contributed by atoms with E-state index in [0.717, 1.165) is 0 Å². The van der Waals surface area contributed by atoms with Gasteiger partial charge in [0.1, 0.15) is 0 Å². The maximum atomic E-state index is 11.3. The fourth-order valence-electron chi connectivity index (χ4n) is 1.57. The lowest BCUT2D eigenvalue weighted by Gasteiger charge is -2.33. The van der Waals surface area contributed by atoms with Gasteiger partial charge in [0.25, 0.3) is 0 Å². The predicted octanol–water partition coefficient (Wildman–Crippen LogP) is 2.33. The Morgan fingerprint density at radius 3 is 1.57 bits per heavy atom. The fraction of sp³-hybridized carbons (Fsp3) is 0.750. The van der Waals surface area contributed by atoms with Gasteiger partial charge in [-0.25, -0.2) is 0 Å². The lowest BCUT2D eigenvalue weighted by atomic mass is 10.1. The highest BCUT2D eigenvalue weighted by molar-refractivity contribution is 9.12.